The molecule has 102 valence electrons. The van der Waals surface area contributed by atoms with Gasteiger partial charge in [-0.3, -0.25) is 14.9 Å². The Kier molecular flexibility index (Phi) is 3.56. The van der Waals surface area contributed by atoms with Gasteiger partial charge in [0.2, 0.25) is 0 Å². The second-order valence-corrected chi connectivity index (χ2v) is 3.82. The van der Waals surface area contributed by atoms with Gasteiger partial charge in [-0.2, -0.15) is 0 Å². The summed E-state index contributed by atoms with van der Waals surface area (Å²) in [6.45, 7) is 0. The van der Waals surface area contributed by atoms with Gasteiger partial charge in [-0.15, -0.1) is 0 Å². The molecule has 1 amide bonds. The number of pyridine rings is 1. The Hall–Kier alpha value is -3.03. The number of anilines is 2. The van der Waals surface area contributed by atoms with Crippen LogP contribution in [0.5, 0.6) is 0 Å². The van der Waals surface area contributed by atoms with Crippen LogP contribution < -0.4 is 11.1 Å². The van der Waals surface area contributed by atoms with E-state index >= 15 is 0 Å². The molecule has 1 aromatic heterocycles. The highest BCUT2D eigenvalue weighted by atomic mass is 19.1. The van der Waals surface area contributed by atoms with Crippen LogP contribution in [-0.2, 0) is 0 Å². The van der Waals surface area contributed by atoms with Crippen molar-refractivity contribution in [3.05, 3.63) is 58.0 Å². The van der Waals surface area contributed by atoms with Gasteiger partial charge in [0, 0.05) is 24.0 Å². The van der Waals surface area contributed by atoms with Crippen molar-refractivity contribution < 1.29 is 14.1 Å². The number of carbonyl (C=O) groups is 1. The van der Waals surface area contributed by atoms with Crippen LogP contribution in [0.15, 0.2) is 36.5 Å². The van der Waals surface area contributed by atoms with Crippen LogP contribution in [0, 0.1) is 15.9 Å². The summed E-state index contributed by atoms with van der Waals surface area (Å²) in [5, 5.41) is 13.0. The number of nitrogens with zero attached hydrogens (tertiary/aromatic N) is 2. The van der Waals surface area contributed by atoms with Gasteiger partial charge in [-0.05, 0) is 12.1 Å². The van der Waals surface area contributed by atoms with Crippen LogP contribution in [0.25, 0.3) is 0 Å². The molecule has 0 aliphatic heterocycles. The molecule has 0 saturated heterocycles. The van der Waals surface area contributed by atoms with E-state index in [0.717, 1.165) is 0 Å². The molecule has 0 aliphatic carbocycles. The molecule has 0 atom stereocenters. The van der Waals surface area contributed by atoms with E-state index in [1.165, 1.54) is 36.5 Å². The summed E-state index contributed by atoms with van der Waals surface area (Å²) >= 11 is 0. The molecule has 0 unspecified atom stereocenters. The van der Waals surface area contributed by atoms with Gasteiger partial charge < -0.3 is 11.1 Å². The molecule has 0 saturated carbocycles. The van der Waals surface area contributed by atoms with Gasteiger partial charge >= 0.3 is 0 Å². The van der Waals surface area contributed by atoms with Crippen LogP contribution in [0.3, 0.4) is 0 Å². The average Bonchev–Trinajstić information content (AvgIpc) is 2.42. The standard InChI is InChI=1S/C12H9FN4O3/c13-10-9(4-5-15-11(10)14)12(18)16-7-2-1-3-8(6-7)17(19)20/h1-6H,(H2,14,15)(H,16,18). The van der Waals surface area contributed by atoms with E-state index in [2.05, 4.69) is 10.3 Å². The molecule has 2 rings (SSSR count). The second-order valence-electron chi connectivity index (χ2n) is 3.82. The number of carbonyl (C=O) groups excluding carboxylic acids is 1. The van der Waals surface area contributed by atoms with Crippen LogP contribution in [0.1, 0.15) is 10.4 Å². The van der Waals surface area contributed by atoms with Gasteiger partial charge in [-0.1, -0.05) is 6.07 Å². The van der Waals surface area contributed by atoms with Crippen molar-refractivity contribution in [3.63, 3.8) is 0 Å². The summed E-state index contributed by atoms with van der Waals surface area (Å²) in [6.07, 6.45) is 1.20. The van der Waals surface area contributed by atoms with E-state index in [-0.39, 0.29) is 16.9 Å². The third-order valence-electron chi connectivity index (χ3n) is 2.48. The highest BCUT2D eigenvalue weighted by Crippen LogP contribution is 2.19. The molecule has 2 aromatic rings. The number of nitro groups is 1. The Morgan fingerprint density at radius 2 is 2.15 bits per heavy atom. The summed E-state index contributed by atoms with van der Waals surface area (Å²) in [5.41, 5.74) is 4.97. The van der Waals surface area contributed by atoms with Gasteiger partial charge in [-0.25, -0.2) is 9.37 Å². The number of nitro benzene ring substituents is 1. The van der Waals surface area contributed by atoms with Crippen molar-refractivity contribution in [1.29, 1.82) is 0 Å². The molecular formula is C12H9FN4O3. The number of nitrogens with two attached hydrogens (primary N) is 1. The van der Waals surface area contributed by atoms with E-state index in [1.807, 2.05) is 0 Å². The fraction of sp³-hybridized carbons (Fsp3) is 0. The van der Waals surface area contributed by atoms with Crippen molar-refractivity contribution in [2.75, 3.05) is 11.1 Å². The summed E-state index contributed by atoms with van der Waals surface area (Å²) in [4.78, 5) is 25.4. The minimum atomic E-state index is -0.935. The Morgan fingerprint density at radius 3 is 2.85 bits per heavy atom. The van der Waals surface area contributed by atoms with Gasteiger partial charge in [0.25, 0.3) is 11.6 Å². The number of hydrogen-bond acceptors (Lipinski definition) is 5. The molecule has 0 spiro atoms. The SMILES string of the molecule is Nc1nccc(C(=O)Nc2cccc([N+](=O)[O-])c2)c1F. The number of nitrogen functional groups attached to an aromatic ring is 1. The Labute approximate surface area is 112 Å². The molecular weight excluding hydrogens is 267 g/mol. The van der Waals surface area contributed by atoms with E-state index in [4.69, 9.17) is 5.73 Å². The van der Waals surface area contributed by atoms with Crippen LogP contribution in [0.2, 0.25) is 0 Å². The van der Waals surface area contributed by atoms with Crippen LogP contribution in [-0.4, -0.2) is 15.8 Å². The fourth-order valence-corrected chi connectivity index (χ4v) is 1.53. The van der Waals surface area contributed by atoms with Crippen LogP contribution >= 0.6 is 0 Å². The Morgan fingerprint density at radius 1 is 1.40 bits per heavy atom. The maximum absolute atomic E-state index is 13.6. The van der Waals surface area contributed by atoms with Gasteiger partial charge in [0.1, 0.15) is 0 Å². The summed E-state index contributed by atoms with van der Waals surface area (Å²) in [7, 11) is 0. The average molecular weight is 276 g/mol. The van der Waals surface area contributed by atoms with E-state index in [1.54, 1.807) is 0 Å². The highest BCUT2D eigenvalue weighted by molar-refractivity contribution is 6.04. The number of aromatic nitrogens is 1. The summed E-state index contributed by atoms with van der Waals surface area (Å²) in [6, 6.07) is 6.47. The molecule has 1 aromatic carbocycles. The normalized spacial score (nSPS) is 10.1. The lowest BCUT2D eigenvalue weighted by atomic mass is 10.2. The molecule has 3 N–H and O–H groups in total. The predicted octanol–water partition coefficient (Wildman–Crippen LogP) is 1.96. The molecule has 0 fully saturated rings. The number of amides is 1. The first-order valence-electron chi connectivity index (χ1n) is 5.45. The minimum absolute atomic E-state index is 0.180. The summed E-state index contributed by atoms with van der Waals surface area (Å²) in [5.74, 6) is -2.09. The number of halogens is 1. The quantitative estimate of drug-likeness (QED) is 0.657. The molecule has 0 bridgehead atoms. The lowest BCUT2D eigenvalue weighted by molar-refractivity contribution is -0.384. The zero-order valence-corrected chi connectivity index (χ0v) is 10.0. The third kappa shape index (κ3) is 2.69. The Balaban J connectivity index is 2.26. The first-order valence-corrected chi connectivity index (χ1v) is 5.45. The van der Waals surface area contributed by atoms with E-state index in [0.29, 0.717) is 0 Å². The molecule has 20 heavy (non-hydrogen) atoms. The van der Waals surface area contributed by atoms with Gasteiger partial charge in [0.15, 0.2) is 11.6 Å². The molecule has 0 aliphatic rings. The topological polar surface area (TPSA) is 111 Å². The number of benzene rings is 1. The van der Waals surface area contributed by atoms with E-state index < -0.39 is 22.5 Å². The Bertz CT molecular complexity index is 690. The van der Waals surface area contributed by atoms with Crippen LogP contribution in [0.4, 0.5) is 21.6 Å². The second kappa shape index (κ2) is 5.31. The monoisotopic (exact) mass is 276 g/mol. The number of nitrogens with one attached hydrogen (secondary N) is 1. The minimum Gasteiger partial charge on any atom is -0.381 e. The molecule has 7 nitrogen and oxygen atoms in total. The summed E-state index contributed by atoms with van der Waals surface area (Å²) < 4.78 is 13.6. The highest BCUT2D eigenvalue weighted by Gasteiger charge is 2.15. The zero-order chi connectivity index (χ0) is 14.7. The van der Waals surface area contributed by atoms with E-state index in [9.17, 15) is 19.3 Å². The number of non-ortho nitro benzene ring substituents is 1. The van der Waals surface area contributed by atoms with Crippen molar-refractivity contribution in [3.8, 4) is 0 Å². The largest absolute Gasteiger partial charge is 0.381 e. The maximum atomic E-state index is 13.6. The number of hydrogen-bond donors (Lipinski definition) is 2. The molecule has 1 heterocycles. The first-order chi connectivity index (χ1) is 9.49. The first kappa shape index (κ1) is 13.4. The predicted molar refractivity (Wildman–Crippen MR) is 69.7 cm³/mol. The van der Waals surface area contributed by atoms with Crippen molar-refractivity contribution in [2.24, 2.45) is 0 Å². The maximum Gasteiger partial charge on any atom is 0.271 e. The lowest BCUT2D eigenvalue weighted by Crippen LogP contribution is -2.15. The van der Waals surface area contributed by atoms with Crippen molar-refractivity contribution >= 4 is 23.1 Å². The van der Waals surface area contributed by atoms with Gasteiger partial charge in [0.05, 0.1) is 10.5 Å². The zero-order valence-electron chi connectivity index (χ0n) is 10.0. The molecule has 8 heteroatoms. The fourth-order valence-electron chi connectivity index (χ4n) is 1.53. The smallest absolute Gasteiger partial charge is 0.271 e. The number of rotatable bonds is 3. The molecule has 0 radical (unpaired) electrons. The van der Waals surface area contributed by atoms with Crippen molar-refractivity contribution in [2.45, 2.75) is 0 Å². The third-order valence-corrected chi connectivity index (χ3v) is 2.48. The van der Waals surface area contributed by atoms with Crippen molar-refractivity contribution in [1.82, 2.24) is 4.98 Å². The lowest BCUT2D eigenvalue weighted by Gasteiger charge is -2.06.